The van der Waals surface area contributed by atoms with E-state index in [9.17, 15) is 5.26 Å². The maximum Gasteiger partial charge on any atom is 0.175 e. The zero-order chi connectivity index (χ0) is 17.9. The predicted molar refractivity (Wildman–Crippen MR) is 104 cm³/mol. The summed E-state index contributed by atoms with van der Waals surface area (Å²) in [5.41, 5.74) is 3.81. The molecule has 26 heavy (non-hydrogen) atoms. The zero-order valence-electron chi connectivity index (χ0n) is 13.7. The molecule has 124 valence electrons. The van der Waals surface area contributed by atoms with Crippen LogP contribution < -0.4 is 0 Å². The SMILES string of the molecule is N#Cc1c(-c2ccc(Cl)cc2)ccn2nc(/C=C/c3ccccc3)nc12. The minimum Gasteiger partial charge on any atom is -0.219 e. The Hall–Kier alpha value is -3.42. The van der Waals surface area contributed by atoms with Gasteiger partial charge in [-0.3, -0.25) is 0 Å². The highest BCUT2D eigenvalue weighted by molar-refractivity contribution is 6.30. The van der Waals surface area contributed by atoms with E-state index in [1.807, 2.05) is 66.9 Å². The minimum atomic E-state index is 0.488. The number of hydrogen-bond donors (Lipinski definition) is 0. The maximum absolute atomic E-state index is 9.67. The molecule has 0 aliphatic carbocycles. The van der Waals surface area contributed by atoms with Crippen LogP contribution in [0, 0.1) is 11.3 Å². The lowest BCUT2D eigenvalue weighted by Gasteiger charge is -2.05. The number of aromatic nitrogens is 3. The van der Waals surface area contributed by atoms with E-state index in [0.717, 1.165) is 16.7 Å². The van der Waals surface area contributed by atoms with Crippen molar-refractivity contribution in [1.29, 1.82) is 5.26 Å². The third-order valence-electron chi connectivity index (χ3n) is 4.01. The van der Waals surface area contributed by atoms with Crippen molar-refractivity contribution in [2.45, 2.75) is 0 Å². The molecule has 5 heteroatoms. The van der Waals surface area contributed by atoms with Gasteiger partial charge in [-0.25, -0.2) is 9.50 Å². The fourth-order valence-corrected chi connectivity index (χ4v) is 2.87. The molecule has 0 amide bonds. The van der Waals surface area contributed by atoms with E-state index in [2.05, 4.69) is 16.2 Å². The lowest BCUT2D eigenvalue weighted by molar-refractivity contribution is 0.952. The molecule has 2 aromatic carbocycles. The molecule has 4 nitrogen and oxygen atoms in total. The Kier molecular flexibility index (Phi) is 4.22. The van der Waals surface area contributed by atoms with Crippen LogP contribution in [0.2, 0.25) is 5.02 Å². The van der Waals surface area contributed by atoms with Crippen LogP contribution in [-0.2, 0) is 0 Å². The van der Waals surface area contributed by atoms with Gasteiger partial charge in [-0.2, -0.15) is 5.26 Å². The third-order valence-corrected chi connectivity index (χ3v) is 4.27. The van der Waals surface area contributed by atoms with Crippen LogP contribution in [0.1, 0.15) is 17.0 Å². The Bertz CT molecular complexity index is 1140. The van der Waals surface area contributed by atoms with E-state index in [0.29, 0.717) is 22.1 Å². The van der Waals surface area contributed by atoms with Gasteiger partial charge >= 0.3 is 0 Å². The number of hydrogen-bond acceptors (Lipinski definition) is 3. The fraction of sp³-hybridized carbons (Fsp3) is 0. The highest BCUT2D eigenvalue weighted by Crippen LogP contribution is 2.27. The lowest BCUT2D eigenvalue weighted by Crippen LogP contribution is -1.93. The van der Waals surface area contributed by atoms with Crippen molar-refractivity contribution in [3.8, 4) is 17.2 Å². The molecule has 2 heterocycles. The van der Waals surface area contributed by atoms with Crippen molar-refractivity contribution >= 4 is 29.4 Å². The average molecular weight is 357 g/mol. The van der Waals surface area contributed by atoms with Crippen molar-refractivity contribution in [1.82, 2.24) is 14.6 Å². The molecule has 4 rings (SSSR count). The molecule has 0 radical (unpaired) electrons. The Labute approximate surface area is 155 Å². The Morgan fingerprint density at radius 1 is 0.962 bits per heavy atom. The number of fused-ring (bicyclic) bond motifs is 1. The van der Waals surface area contributed by atoms with Gasteiger partial charge in [0.1, 0.15) is 11.6 Å². The van der Waals surface area contributed by atoms with Gasteiger partial charge in [0.25, 0.3) is 0 Å². The van der Waals surface area contributed by atoms with Crippen LogP contribution in [0.3, 0.4) is 0 Å². The second-order valence-electron chi connectivity index (χ2n) is 5.71. The van der Waals surface area contributed by atoms with Crippen LogP contribution in [0.25, 0.3) is 28.9 Å². The Morgan fingerprint density at radius 3 is 2.46 bits per heavy atom. The van der Waals surface area contributed by atoms with Crippen molar-refractivity contribution in [3.63, 3.8) is 0 Å². The topological polar surface area (TPSA) is 54.0 Å². The van der Waals surface area contributed by atoms with Crippen molar-refractivity contribution < 1.29 is 0 Å². The van der Waals surface area contributed by atoms with Gasteiger partial charge in [0.05, 0.1) is 0 Å². The van der Waals surface area contributed by atoms with Gasteiger partial charge in [-0.15, -0.1) is 5.10 Å². The summed E-state index contributed by atoms with van der Waals surface area (Å²) in [4.78, 5) is 4.52. The number of rotatable bonds is 3. The molecule has 0 bridgehead atoms. The number of pyridine rings is 1. The molecule has 0 N–H and O–H groups in total. The molecular weight excluding hydrogens is 344 g/mol. The van der Waals surface area contributed by atoms with Gasteiger partial charge in [-0.05, 0) is 35.4 Å². The van der Waals surface area contributed by atoms with Gasteiger partial charge in [0.2, 0.25) is 0 Å². The number of halogens is 1. The van der Waals surface area contributed by atoms with Gasteiger partial charge < -0.3 is 0 Å². The van der Waals surface area contributed by atoms with Crippen LogP contribution in [-0.4, -0.2) is 14.6 Å². The maximum atomic E-state index is 9.67. The first-order valence-corrected chi connectivity index (χ1v) is 8.41. The summed E-state index contributed by atoms with van der Waals surface area (Å²) in [6.07, 6.45) is 5.60. The van der Waals surface area contributed by atoms with Crippen LogP contribution >= 0.6 is 11.6 Å². The van der Waals surface area contributed by atoms with E-state index >= 15 is 0 Å². The van der Waals surface area contributed by atoms with Crippen LogP contribution in [0.5, 0.6) is 0 Å². The molecule has 2 aromatic heterocycles. The molecule has 0 spiro atoms. The first-order chi connectivity index (χ1) is 12.7. The van der Waals surface area contributed by atoms with Crippen LogP contribution in [0.4, 0.5) is 0 Å². The van der Waals surface area contributed by atoms with Crippen molar-refractivity contribution in [2.24, 2.45) is 0 Å². The Balaban J connectivity index is 1.78. The lowest BCUT2D eigenvalue weighted by atomic mass is 10.0. The molecule has 0 saturated carbocycles. The summed E-state index contributed by atoms with van der Waals surface area (Å²) >= 11 is 5.96. The number of benzene rings is 2. The second kappa shape index (κ2) is 6.83. The highest BCUT2D eigenvalue weighted by Gasteiger charge is 2.13. The Morgan fingerprint density at radius 2 is 1.73 bits per heavy atom. The van der Waals surface area contributed by atoms with E-state index in [4.69, 9.17) is 11.6 Å². The van der Waals surface area contributed by atoms with E-state index in [1.54, 1.807) is 16.6 Å². The fourth-order valence-electron chi connectivity index (χ4n) is 2.75. The summed E-state index contributed by atoms with van der Waals surface area (Å²) in [6, 6.07) is 21.5. The van der Waals surface area contributed by atoms with E-state index in [1.165, 1.54) is 0 Å². The molecule has 0 unspecified atom stereocenters. The van der Waals surface area contributed by atoms with Gasteiger partial charge in [0, 0.05) is 16.8 Å². The second-order valence-corrected chi connectivity index (χ2v) is 6.14. The molecular formula is C21H13ClN4. The predicted octanol–water partition coefficient (Wildman–Crippen LogP) is 5.09. The number of nitriles is 1. The summed E-state index contributed by atoms with van der Waals surface area (Å²) in [6.45, 7) is 0. The molecule has 0 aliphatic rings. The van der Waals surface area contributed by atoms with E-state index in [-0.39, 0.29) is 0 Å². The summed E-state index contributed by atoms with van der Waals surface area (Å²) < 4.78 is 1.63. The third kappa shape index (κ3) is 3.08. The van der Waals surface area contributed by atoms with Crippen molar-refractivity contribution in [3.05, 3.63) is 88.8 Å². The van der Waals surface area contributed by atoms with Crippen LogP contribution in [0.15, 0.2) is 66.9 Å². The largest absolute Gasteiger partial charge is 0.219 e. The molecule has 0 saturated heterocycles. The van der Waals surface area contributed by atoms with E-state index < -0.39 is 0 Å². The molecule has 0 aliphatic heterocycles. The van der Waals surface area contributed by atoms with Gasteiger partial charge in [-0.1, -0.05) is 60.1 Å². The first-order valence-electron chi connectivity index (χ1n) is 8.03. The molecule has 0 fully saturated rings. The highest BCUT2D eigenvalue weighted by atomic mass is 35.5. The summed E-state index contributed by atoms with van der Waals surface area (Å²) in [5.74, 6) is 0.554. The smallest absolute Gasteiger partial charge is 0.175 e. The quantitative estimate of drug-likeness (QED) is 0.513. The standard InChI is InChI=1S/C21H13ClN4/c22-17-9-7-16(8-10-17)18-12-13-26-21(19(18)14-23)24-20(25-26)11-6-15-4-2-1-3-5-15/h1-13H/b11-6+. The monoisotopic (exact) mass is 356 g/mol. The normalized spacial score (nSPS) is 11.1. The first kappa shape index (κ1) is 16.1. The summed E-state index contributed by atoms with van der Waals surface area (Å²) in [5, 5.41) is 14.8. The minimum absolute atomic E-state index is 0.488. The summed E-state index contributed by atoms with van der Waals surface area (Å²) in [7, 11) is 0. The van der Waals surface area contributed by atoms with Crippen molar-refractivity contribution in [2.75, 3.05) is 0 Å². The average Bonchev–Trinajstić information content (AvgIpc) is 3.10. The number of nitrogens with zero attached hydrogens (tertiary/aromatic N) is 4. The van der Waals surface area contributed by atoms with Gasteiger partial charge in [0.15, 0.2) is 11.5 Å². The molecule has 4 aromatic rings. The zero-order valence-corrected chi connectivity index (χ0v) is 14.4. The molecule has 0 atom stereocenters.